The quantitative estimate of drug-likeness (QED) is 0.791. The van der Waals surface area contributed by atoms with Crippen LogP contribution in [0.2, 0.25) is 0 Å². The summed E-state index contributed by atoms with van der Waals surface area (Å²) in [7, 11) is 0. The summed E-state index contributed by atoms with van der Waals surface area (Å²) >= 11 is 3.71. The monoisotopic (exact) mass is 377 g/mol. The molecule has 1 heterocycles. The first-order valence-electron chi connectivity index (χ1n) is 5.43. The molecule has 1 aromatic rings. The summed E-state index contributed by atoms with van der Waals surface area (Å²) in [5, 5.41) is 11.9. The van der Waals surface area contributed by atoms with Gasteiger partial charge in [0, 0.05) is 14.9 Å². The molecule has 18 heavy (non-hydrogen) atoms. The van der Waals surface area contributed by atoms with Crippen LogP contribution >= 0.6 is 34.4 Å². The van der Waals surface area contributed by atoms with E-state index in [4.69, 9.17) is 0 Å². The van der Waals surface area contributed by atoms with E-state index in [0.29, 0.717) is 17.7 Å². The van der Waals surface area contributed by atoms with E-state index in [1.165, 1.54) is 0 Å². The molecule has 2 N–H and O–H groups in total. The van der Waals surface area contributed by atoms with Crippen LogP contribution in [0.25, 0.3) is 0 Å². The lowest BCUT2D eigenvalue weighted by Crippen LogP contribution is -2.54. The van der Waals surface area contributed by atoms with Crippen LogP contribution in [-0.2, 0) is 4.79 Å². The second-order valence-corrected chi connectivity index (χ2v) is 6.50. The molecule has 1 aromatic carbocycles. The average molecular weight is 377 g/mol. The van der Waals surface area contributed by atoms with Gasteiger partial charge in [0.1, 0.15) is 5.54 Å². The van der Waals surface area contributed by atoms with Gasteiger partial charge in [-0.25, -0.2) is 4.79 Å². The van der Waals surface area contributed by atoms with E-state index in [0.717, 1.165) is 9.32 Å². The molecule has 1 fully saturated rings. The van der Waals surface area contributed by atoms with Gasteiger partial charge in [-0.05, 0) is 59.0 Å². The number of amides is 1. The third-order valence-electron chi connectivity index (χ3n) is 2.89. The normalized spacial score (nSPS) is 22.7. The van der Waals surface area contributed by atoms with Crippen molar-refractivity contribution in [2.24, 2.45) is 0 Å². The molecule has 0 spiro atoms. The van der Waals surface area contributed by atoms with Crippen LogP contribution in [0.3, 0.4) is 0 Å². The molecule has 2 rings (SSSR count). The van der Waals surface area contributed by atoms with Gasteiger partial charge in [-0.3, -0.25) is 4.79 Å². The summed E-state index contributed by atoms with van der Waals surface area (Å²) in [6.07, 6.45) is 0.475. The molecule has 1 amide bonds. The maximum atomic E-state index is 12.0. The Kier molecular flexibility index (Phi) is 4.16. The molecular weight excluding hydrogens is 365 g/mol. The number of carboxylic acids is 1. The van der Waals surface area contributed by atoms with Crippen LogP contribution in [0.15, 0.2) is 24.3 Å². The van der Waals surface area contributed by atoms with Crippen LogP contribution < -0.4 is 5.32 Å². The Bertz CT molecular complexity index is 469. The molecule has 0 radical (unpaired) electrons. The zero-order chi connectivity index (χ0) is 13.2. The smallest absolute Gasteiger partial charge is 0.330 e. The first kappa shape index (κ1) is 13.7. The highest BCUT2D eigenvalue weighted by Crippen LogP contribution is 2.28. The molecule has 1 atom stereocenters. The number of rotatable bonds is 3. The SMILES string of the molecule is O=C(NC1(C(=O)O)CCSC1)c1ccc(I)cc1. The number of hydrogen-bond donors (Lipinski definition) is 2. The molecule has 96 valence electrons. The topological polar surface area (TPSA) is 66.4 Å². The Hall–Kier alpha value is -0.760. The number of hydrogen-bond acceptors (Lipinski definition) is 3. The van der Waals surface area contributed by atoms with Crippen molar-refractivity contribution >= 4 is 46.2 Å². The number of carbonyl (C=O) groups excluding carboxylic acids is 1. The number of carbonyl (C=O) groups is 2. The predicted octanol–water partition coefficient (Wildman–Crippen LogP) is 1.98. The zero-order valence-corrected chi connectivity index (χ0v) is 12.5. The molecule has 1 saturated heterocycles. The molecule has 0 aliphatic carbocycles. The summed E-state index contributed by atoms with van der Waals surface area (Å²) in [5.74, 6) is -0.0831. The minimum absolute atomic E-state index is 0.323. The molecule has 1 aliphatic heterocycles. The van der Waals surface area contributed by atoms with Crippen molar-refractivity contribution in [2.45, 2.75) is 12.0 Å². The van der Waals surface area contributed by atoms with Crippen LogP contribution in [0.4, 0.5) is 0 Å². The van der Waals surface area contributed by atoms with Gasteiger partial charge in [-0.2, -0.15) is 11.8 Å². The van der Waals surface area contributed by atoms with Crippen LogP contribution in [0.5, 0.6) is 0 Å². The lowest BCUT2D eigenvalue weighted by atomic mass is 9.98. The lowest BCUT2D eigenvalue weighted by molar-refractivity contribution is -0.143. The van der Waals surface area contributed by atoms with E-state index in [2.05, 4.69) is 27.9 Å². The van der Waals surface area contributed by atoms with Crippen molar-refractivity contribution in [3.8, 4) is 0 Å². The van der Waals surface area contributed by atoms with Gasteiger partial charge in [0.2, 0.25) is 0 Å². The van der Waals surface area contributed by atoms with Crippen molar-refractivity contribution in [3.63, 3.8) is 0 Å². The predicted molar refractivity (Wildman–Crippen MR) is 78.9 cm³/mol. The van der Waals surface area contributed by atoms with E-state index < -0.39 is 11.5 Å². The van der Waals surface area contributed by atoms with Gasteiger partial charge < -0.3 is 10.4 Å². The maximum absolute atomic E-state index is 12.0. The highest BCUT2D eigenvalue weighted by Gasteiger charge is 2.43. The minimum atomic E-state index is -1.11. The molecule has 0 saturated carbocycles. The van der Waals surface area contributed by atoms with Gasteiger partial charge in [-0.15, -0.1) is 0 Å². The first-order chi connectivity index (χ1) is 8.53. The fraction of sp³-hybridized carbons (Fsp3) is 0.333. The number of benzene rings is 1. The number of nitrogens with one attached hydrogen (secondary N) is 1. The third kappa shape index (κ3) is 2.80. The highest BCUT2D eigenvalue weighted by molar-refractivity contribution is 14.1. The Morgan fingerprint density at radius 2 is 2.00 bits per heavy atom. The fourth-order valence-electron chi connectivity index (χ4n) is 1.78. The van der Waals surface area contributed by atoms with Crippen molar-refractivity contribution in [2.75, 3.05) is 11.5 Å². The summed E-state index contributed by atoms with van der Waals surface area (Å²) in [6, 6.07) is 7.06. The van der Waals surface area contributed by atoms with Crippen LogP contribution in [-0.4, -0.2) is 34.0 Å². The molecule has 4 nitrogen and oxygen atoms in total. The third-order valence-corrected chi connectivity index (χ3v) is 4.80. The number of aliphatic carboxylic acids is 1. The van der Waals surface area contributed by atoms with E-state index in [1.54, 1.807) is 23.9 Å². The average Bonchev–Trinajstić information content (AvgIpc) is 2.79. The molecule has 6 heteroatoms. The van der Waals surface area contributed by atoms with Gasteiger partial charge >= 0.3 is 5.97 Å². The molecule has 1 unspecified atom stereocenters. The van der Waals surface area contributed by atoms with Gasteiger partial charge in [0.05, 0.1) is 0 Å². The Balaban J connectivity index is 2.15. The van der Waals surface area contributed by atoms with Crippen molar-refractivity contribution in [3.05, 3.63) is 33.4 Å². The van der Waals surface area contributed by atoms with Crippen LogP contribution in [0, 0.1) is 3.57 Å². The second kappa shape index (κ2) is 5.48. The highest BCUT2D eigenvalue weighted by atomic mass is 127. The zero-order valence-electron chi connectivity index (χ0n) is 9.48. The van der Waals surface area contributed by atoms with E-state index in [9.17, 15) is 14.7 Å². The van der Waals surface area contributed by atoms with E-state index in [1.807, 2.05) is 12.1 Å². The number of carboxylic acid groups (broad SMARTS) is 1. The number of thioether (sulfide) groups is 1. The van der Waals surface area contributed by atoms with Gasteiger partial charge in [0.25, 0.3) is 5.91 Å². The Labute approximate surface area is 123 Å². The standard InChI is InChI=1S/C12H12INO3S/c13-9-3-1-8(2-4-9)10(15)14-12(11(16)17)5-6-18-7-12/h1-4H,5-7H2,(H,14,15)(H,16,17). The lowest BCUT2D eigenvalue weighted by Gasteiger charge is -2.24. The fourth-order valence-corrected chi connectivity index (χ4v) is 3.46. The van der Waals surface area contributed by atoms with Crippen molar-refractivity contribution < 1.29 is 14.7 Å². The Morgan fingerprint density at radius 1 is 1.33 bits per heavy atom. The first-order valence-corrected chi connectivity index (χ1v) is 7.66. The number of halogens is 1. The summed E-state index contributed by atoms with van der Waals surface area (Å²) < 4.78 is 1.04. The summed E-state index contributed by atoms with van der Waals surface area (Å²) in [6.45, 7) is 0. The summed E-state index contributed by atoms with van der Waals surface area (Å²) in [4.78, 5) is 23.4. The summed E-state index contributed by atoms with van der Waals surface area (Å²) in [5.41, 5.74) is -0.613. The van der Waals surface area contributed by atoms with Gasteiger partial charge in [0.15, 0.2) is 0 Å². The van der Waals surface area contributed by atoms with Crippen LogP contribution in [0.1, 0.15) is 16.8 Å². The minimum Gasteiger partial charge on any atom is -0.479 e. The molecule has 0 aromatic heterocycles. The molecular formula is C12H12INO3S. The van der Waals surface area contributed by atoms with Crippen molar-refractivity contribution in [1.29, 1.82) is 0 Å². The van der Waals surface area contributed by atoms with Gasteiger partial charge in [-0.1, -0.05) is 0 Å². The second-order valence-electron chi connectivity index (χ2n) is 4.15. The molecule has 1 aliphatic rings. The largest absolute Gasteiger partial charge is 0.479 e. The van der Waals surface area contributed by atoms with E-state index in [-0.39, 0.29) is 5.91 Å². The Morgan fingerprint density at radius 3 is 2.50 bits per heavy atom. The van der Waals surface area contributed by atoms with Crippen molar-refractivity contribution in [1.82, 2.24) is 5.32 Å². The van der Waals surface area contributed by atoms with E-state index >= 15 is 0 Å². The maximum Gasteiger partial charge on any atom is 0.330 e. The molecule has 0 bridgehead atoms.